The van der Waals surface area contributed by atoms with E-state index in [0.717, 1.165) is 47.6 Å². The molecular formula is C34H55N5O9. The summed E-state index contributed by atoms with van der Waals surface area (Å²) in [6, 6.07) is 5.90. The van der Waals surface area contributed by atoms with E-state index >= 15 is 0 Å². The summed E-state index contributed by atoms with van der Waals surface area (Å²) in [5.74, 6) is 1.19. The SMILES string of the molecule is Cc1cc(OCCCNC(C)(C)CC(=O)N2CCN(CCO)CC2)ccc1Cc1c(O[C@@H]2O[C@H](CO)[C@@H](O)[C@H](O)[C@H]2O)n[nH]c1C(C)C. The molecule has 2 aromatic rings. The lowest BCUT2D eigenvalue weighted by molar-refractivity contribution is -0.278. The lowest BCUT2D eigenvalue weighted by Crippen LogP contribution is -2.60. The molecule has 1 aromatic carbocycles. The number of ether oxygens (including phenoxy) is 3. The van der Waals surface area contributed by atoms with Gasteiger partial charge in [0.25, 0.3) is 0 Å². The fourth-order valence-corrected chi connectivity index (χ4v) is 6.13. The molecule has 14 heteroatoms. The van der Waals surface area contributed by atoms with E-state index in [1.807, 2.05) is 57.7 Å². The number of aromatic nitrogens is 2. The number of nitrogens with one attached hydrogen (secondary N) is 2. The molecule has 14 nitrogen and oxygen atoms in total. The molecule has 2 aliphatic heterocycles. The molecule has 0 unspecified atom stereocenters. The van der Waals surface area contributed by atoms with Crippen molar-refractivity contribution >= 4 is 5.91 Å². The van der Waals surface area contributed by atoms with Gasteiger partial charge in [-0.3, -0.25) is 14.8 Å². The number of aryl methyl sites for hydroxylation is 1. The third-order valence-electron chi connectivity index (χ3n) is 9.12. The van der Waals surface area contributed by atoms with Gasteiger partial charge in [-0.1, -0.05) is 19.9 Å². The molecule has 5 atom stereocenters. The maximum Gasteiger partial charge on any atom is 0.238 e. The van der Waals surface area contributed by atoms with Crippen LogP contribution >= 0.6 is 0 Å². The zero-order valence-corrected chi connectivity index (χ0v) is 28.9. The third kappa shape index (κ3) is 9.88. The second kappa shape index (κ2) is 17.2. The normalized spacial score (nSPS) is 23.9. The smallest absolute Gasteiger partial charge is 0.238 e. The Kier molecular flexibility index (Phi) is 13.6. The third-order valence-corrected chi connectivity index (χ3v) is 9.12. The Labute approximate surface area is 283 Å². The minimum Gasteiger partial charge on any atom is -0.494 e. The standard InChI is InChI=1S/C34H55N5O9/c1-21(2)28-25(32(37-36-28)48-33-31(45)30(44)29(43)26(20-41)47-33)18-23-7-8-24(17-22(23)3)46-16-6-9-35-34(4,5)19-27(42)39-12-10-38(11-13-39)14-15-40/h7-8,17,21,26,29-31,33,35,40-41,43-45H,6,9-16,18-20H2,1-5H3,(H,36,37)/t26-,29-,30+,31-,33+/m1/s1. The fraction of sp³-hybridized carbons (Fsp3) is 0.706. The van der Waals surface area contributed by atoms with Crippen molar-refractivity contribution < 1.29 is 44.5 Å². The Hall–Kier alpha value is -2.82. The number of benzene rings is 1. The number of piperazine rings is 1. The van der Waals surface area contributed by atoms with Crippen LogP contribution in [0.15, 0.2) is 18.2 Å². The molecule has 0 bridgehead atoms. The van der Waals surface area contributed by atoms with E-state index in [-0.39, 0.29) is 29.9 Å². The molecule has 0 radical (unpaired) electrons. The maximum atomic E-state index is 12.9. The number of carbonyl (C=O) groups excluding carboxylic acids is 1. The molecule has 48 heavy (non-hydrogen) atoms. The zero-order chi connectivity index (χ0) is 35.0. The van der Waals surface area contributed by atoms with Crippen molar-refractivity contribution in [1.82, 2.24) is 25.3 Å². The molecular weight excluding hydrogens is 622 g/mol. The first-order chi connectivity index (χ1) is 22.8. The maximum absolute atomic E-state index is 12.9. The molecule has 4 rings (SSSR count). The van der Waals surface area contributed by atoms with Crippen LogP contribution in [0.2, 0.25) is 0 Å². The Balaban J connectivity index is 1.27. The lowest BCUT2D eigenvalue weighted by Gasteiger charge is -2.39. The first kappa shape index (κ1) is 38.0. The Morgan fingerprint density at radius 1 is 1.12 bits per heavy atom. The van der Waals surface area contributed by atoms with Crippen molar-refractivity contribution in [3.8, 4) is 11.6 Å². The summed E-state index contributed by atoms with van der Waals surface area (Å²) in [4.78, 5) is 17.0. The van der Waals surface area contributed by atoms with E-state index in [2.05, 4.69) is 20.4 Å². The average molecular weight is 678 g/mol. The molecule has 0 spiro atoms. The van der Waals surface area contributed by atoms with E-state index in [1.165, 1.54) is 0 Å². The number of aliphatic hydroxyl groups is 5. The van der Waals surface area contributed by atoms with Crippen LogP contribution in [-0.4, -0.2) is 147 Å². The highest BCUT2D eigenvalue weighted by Gasteiger charge is 2.45. The zero-order valence-electron chi connectivity index (χ0n) is 28.9. The van der Waals surface area contributed by atoms with Gasteiger partial charge >= 0.3 is 0 Å². The van der Waals surface area contributed by atoms with E-state index in [0.29, 0.717) is 45.6 Å². The summed E-state index contributed by atoms with van der Waals surface area (Å²) in [7, 11) is 0. The van der Waals surface area contributed by atoms with Crippen LogP contribution in [0.5, 0.6) is 11.6 Å². The minimum absolute atomic E-state index is 0.0902. The van der Waals surface area contributed by atoms with E-state index in [9.17, 15) is 25.2 Å². The van der Waals surface area contributed by atoms with Gasteiger partial charge in [0.15, 0.2) is 0 Å². The van der Waals surface area contributed by atoms with Gasteiger partial charge in [-0.05, 0) is 62.9 Å². The van der Waals surface area contributed by atoms with E-state index in [4.69, 9.17) is 19.3 Å². The number of nitrogens with zero attached hydrogens (tertiary/aromatic N) is 3. The first-order valence-electron chi connectivity index (χ1n) is 17.0. The Morgan fingerprint density at radius 3 is 2.50 bits per heavy atom. The number of hydrogen-bond donors (Lipinski definition) is 7. The van der Waals surface area contributed by atoms with Gasteiger partial charge in [0.05, 0.1) is 19.8 Å². The fourth-order valence-electron chi connectivity index (χ4n) is 6.13. The molecule has 2 fully saturated rings. The van der Waals surface area contributed by atoms with Gasteiger partial charge in [-0.2, -0.15) is 0 Å². The summed E-state index contributed by atoms with van der Waals surface area (Å²) < 4.78 is 17.5. The van der Waals surface area contributed by atoms with Gasteiger partial charge in [-0.15, -0.1) is 5.10 Å². The highest BCUT2D eigenvalue weighted by atomic mass is 16.7. The minimum atomic E-state index is -1.55. The van der Waals surface area contributed by atoms with Crippen molar-refractivity contribution in [3.63, 3.8) is 0 Å². The molecule has 0 saturated carbocycles. The molecule has 1 amide bonds. The second-order valence-corrected chi connectivity index (χ2v) is 13.8. The molecule has 0 aliphatic carbocycles. The Bertz CT molecular complexity index is 1310. The number of aromatic amines is 1. The average Bonchev–Trinajstić information content (AvgIpc) is 3.44. The topological polar surface area (TPSA) is 193 Å². The summed E-state index contributed by atoms with van der Waals surface area (Å²) in [6.07, 6.45) is -5.34. The molecule has 7 N–H and O–H groups in total. The number of aliphatic hydroxyl groups excluding tert-OH is 5. The van der Waals surface area contributed by atoms with Crippen LogP contribution in [0.3, 0.4) is 0 Å². The number of carbonyl (C=O) groups is 1. The number of rotatable bonds is 16. The van der Waals surface area contributed by atoms with Crippen LogP contribution in [0.25, 0.3) is 0 Å². The molecule has 2 saturated heterocycles. The highest BCUT2D eigenvalue weighted by molar-refractivity contribution is 5.77. The monoisotopic (exact) mass is 677 g/mol. The molecule has 1 aromatic heterocycles. The van der Waals surface area contributed by atoms with Gasteiger partial charge in [0.2, 0.25) is 18.1 Å². The van der Waals surface area contributed by atoms with Crippen molar-refractivity contribution in [3.05, 3.63) is 40.6 Å². The van der Waals surface area contributed by atoms with Gasteiger partial charge in [0, 0.05) is 62.4 Å². The largest absolute Gasteiger partial charge is 0.494 e. The van der Waals surface area contributed by atoms with E-state index < -0.39 is 37.3 Å². The molecule has 270 valence electrons. The van der Waals surface area contributed by atoms with E-state index in [1.54, 1.807) is 0 Å². The molecule has 3 heterocycles. The van der Waals surface area contributed by atoms with Crippen molar-refractivity contribution in [1.29, 1.82) is 0 Å². The van der Waals surface area contributed by atoms with Crippen LogP contribution in [-0.2, 0) is 16.0 Å². The predicted octanol–water partition coefficient (Wildman–Crippen LogP) is 0.275. The number of H-pyrrole nitrogens is 1. The highest BCUT2D eigenvalue weighted by Crippen LogP contribution is 2.32. The van der Waals surface area contributed by atoms with Crippen LogP contribution in [0.4, 0.5) is 0 Å². The van der Waals surface area contributed by atoms with Gasteiger partial charge in [0.1, 0.15) is 30.2 Å². The van der Waals surface area contributed by atoms with Gasteiger partial charge in [-0.25, -0.2) is 0 Å². The van der Waals surface area contributed by atoms with Crippen LogP contribution in [0, 0.1) is 6.92 Å². The number of hydrogen-bond acceptors (Lipinski definition) is 12. The number of β-amino-alcohol motifs (C(OH)–C–C–N with tert-alkyl or cyclic N) is 1. The summed E-state index contributed by atoms with van der Waals surface area (Å²) in [6.45, 7) is 14.6. The second-order valence-electron chi connectivity index (χ2n) is 13.8. The summed E-state index contributed by atoms with van der Waals surface area (Å²) in [5.41, 5.74) is 3.32. The Morgan fingerprint density at radius 2 is 1.85 bits per heavy atom. The quantitative estimate of drug-likeness (QED) is 0.120. The first-order valence-corrected chi connectivity index (χ1v) is 17.0. The molecule has 2 aliphatic rings. The van der Waals surface area contributed by atoms with Crippen LogP contribution < -0.4 is 14.8 Å². The van der Waals surface area contributed by atoms with Gasteiger partial charge < -0.3 is 50.0 Å². The summed E-state index contributed by atoms with van der Waals surface area (Å²) >= 11 is 0. The predicted molar refractivity (Wildman–Crippen MR) is 178 cm³/mol. The number of amides is 1. The summed E-state index contributed by atoms with van der Waals surface area (Å²) in [5, 5.41) is 60.3. The van der Waals surface area contributed by atoms with Crippen LogP contribution in [0.1, 0.15) is 68.8 Å². The lowest BCUT2D eigenvalue weighted by atomic mass is 9.96. The van der Waals surface area contributed by atoms with Crippen molar-refractivity contribution in [2.45, 2.75) is 96.0 Å². The van der Waals surface area contributed by atoms with Crippen molar-refractivity contribution in [2.75, 3.05) is 59.1 Å². The van der Waals surface area contributed by atoms with Crippen molar-refractivity contribution in [2.24, 2.45) is 0 Å².